The number of piperidine rings is 1. The summed E-state index contributed by atoms with van der Waals surface area (Å²) in [5.41, 5.74) is 1.24. The van der Waals surface area contributed by atoms with Gasteiger partial charge in [0.1, 0.15) is 5.75 Å². The number of alkyl halides is 3. The van der Waals surface area contributed by atoms with E-state index in [1.54, 1.807) is 12.1 Å². The van der Waals surface area contributed by atoms with Crippen LogP contribution in [0.15, 0.2) is 24.3 Å². The first-order chi connectivity index (χ1) is 11.4. The van der Waals surface area contributed by atoms with E-state index in [9.17, 15) is 18.0 Å². The number of likely N-dealkylation sites (tertiary alicyclic amines) is 1. The first kappa shape index (κ1) is 17.1. The molecule has 0 aromatic heterocycles. The first-order valence-corrected chi connectivity index (χ1v) is 8.19. The Morgan fingerprint density at radius 3 is 2.29 bits per heavy atom. The summed E-state index contributed by atoms with van der Waals surface area (Å²) in [6.45, 7) is 3.72. The number of nitrogens with zero attached hydrogens (tertiary/aromatic N) is 1. The summed E-state index contributed by atoms with van der Waals surface area (Å²) in [5, 5.41) is 3.30. The molecule has 24 heavy (non-hydrogen) atoms. The van der Waals surface area contributed by atoms with Crippen LogP contribution >= 0.6 is 0 Å². The van der Waals surface area contributed by atoms with Crippen LogP contribution in [0.3, 0.4) is 0 Å². The highest BCUT2D eigenvalue weighted by molar-refractivity contribution is 5.76. The maximum Gasteiger partial charge on any atom is 0.573 e. The van der Waals surface area contributed by atoms with Gasteiger partial charge in [0.2, 0.25) is 5.91 Å². The molecule has 0 atom stereocenters. The minimum Gasteiger partial charge on any atom is -0.406 e. The Morgan fingerprint density at radius 1 is 1.17 bits per heavy atom. The molecule has 0 unspecified atom stereocenters. The van der Waals surface area contributed by atoms with Gasteiger partial charge in [-0.2, -0.15) is 0 Å². The van der Waals surface area contributed by atoms with Crippen molar-refractivity contribution >= 4 is 5.91 Å². The summed E-state index contributed by atoms with van der Waals surface area (Å²) in [6.07, 6.45) is -1.68. The normalized spacial score (nSPS) is 19.9. The lowest BCUT2D eigenvalue weighted by Gasteiger charge is -2.48. The second-order valence-corrected chi connectivity index (χ2v) is 6.68. The van der Waals surface area contributed by atoms with Gasteiger partial charge >= 0.3 is 6.36 Å². The molecule has 2 saturated heterocycles. The summed E-state index contributed by atoms with van der Waals surface area (Å²) in [7, 11) is 0. The van der Waals surface area contributed by atoms with Gasteiger partial charge in [0.05, 0.1) is 0 Å². The van der Waals surface area contributed by atoms with E-state index in [2.05, 4.69) is 10.1 Å². The number of nitrogens with one attached hydrogen (secondary N) is 1. The number of aryl methyl sites for hydroxylation is 1. The number of rotatable bonds is 4. The number of carbonyl (C=O) groups excluding carboxylic acids is 1. The number of benzene rings is 1. The second-order valence-electron chi connectivity index (χ2n) is 6.68. The van der Waals surface area contributed by atoms with Crippen molar-refractivity contribution < 1.29 is 22.7 Å². The molecule has 0 saturated carbocycles. The molecule has 1 N–H and O–H groups in total. The zero-order chi connectivity index (χ0) is 17.2. The maximum absolute atomic E-state index is 12.3. The SMILES string of the molecule is O=C(CCc1ccc(OC(F)(F)F)cc1)N1CCC2(CC1)CNC2. The summed E-state index contributed by atoms with van der Waals surface area (Å²) in [6, 6.07) is 5.70. The molecule has 2 fully saturated rings. The van der Waals surface area contributed by atoms with Gasteiger partial charge in [-0.1, -0.05) is 12.1 Å². The van der Waals surface area contributed by atoms with Crippen LogP contribution in [0.1, 0.15) is 24.8 Å². The highest BCUT2D eigenvalue weighted by atomic mass is 19.4. The van der Waals surface area contributed by atoms with Crippen LogP contribution in [0.4, 0.5) is 13.2 Å². The standard InChI is InChI=1S/C17H21F3N2O2/c18-17(19,20)24-14-4-1-13(2-5-14)3-6-15(23)22-9-7-16(8-10-22)11-21-12-16/h1-2,4-5,21H,3,6-12H2. The Morgan fingerprint density at radius 2 is 1.79 bits per heavy atom. The molecule has 0 radical (unpaired) electrons. The molecule has 1 amide bonds. The fourth-order valence-corrected chi connectivity index (χ4v) is 3.33. The fraction of sp³-hybridized carbons (Fsp3) is 0.588. The van der Waals surface area contributed by atoms with E-state index in [4.69, 9.17) is 0 Å². The Kier molecular flexibility index (Phi) is 4.71. The molecule has 1 aromatic rings. The lowest BCUT2D eigenvalue weighted by atomic mass is 9.73. The molecule has 3 rings (SSSR count). The van der Waals surface area contributed by atoms with Crippen molar-refractivity contribution in [1.82, 2.24) is 10.2 Å². The number of ether oxygens (including phenoxy) is 1. The number of halogens is 3. The van der Waals surface area contributed by atoms with Crippen molar-refractivity contribution in [2.75, 3.05) is 26.2 Å². The lowest BCUT2D eigenvalue weighted by molar-refractivity contribution is -0.274. The minimum atomic E-state index is -4.68. The lowest BCUT2D eigenvalue weighted by Crippen LogP contribution is -2.58. The molecule has 4 nitrogen and oxygen atoms in total. The smallest absolute Gasteiger partial charge is 0.406 e. The zero-order valence-corrected chi connectivity index (χ0v) is 13.4. The topological polar surface area (TPSA) is 41.6 Å². The number of carbonyl (C=O) groups is 1. The largest absolute Gasteiger partial charge is 0.573 e. The molecule has 132 valence electrons. The second kappa shape index (κ2) is 6.63. The Bertz CT molecular complexity index is 572. The number of hydrogen-bond acceptors (Lipinski definition) is 3. The van der Waals surface area contributed by atoms with E-state index in [1.165, 1.54) is 12.1 Å². The molecule has 1 aromatic carbocycles. The first-order valence-electron chi connectivity index (χ1n) is 8.19. The van der Waals surface area contributed by atoms with Gasteiger partial charge in [-0.25, -0.2) is 0 Å². The third kappa shape index (κ3) is 4.20. The zero-order valence-electron chi connectivity index (χ0n) is 13.4. The van der Waals surface area contributed by atoms with E-state index in [0.717, 1.165) is 44.6 Å². The average molecular weight is 342 g/mol. The summed E-state index contributed by atoms with van der Waals surface area (Å²) in [4.78, 5) is 14.2. The predicted molar refractivity (Wildman–Crippen MR) is 82.6 cm³/mol. The summed E-state index contributed by atoms with van der Waals surface area (Å²) < 4.78 is 40.2. The van der Waals surface area contributed by atoms with Crippen molar-refractivity contribution in [2.45, 2.75) is 32.0 Å². The molecule has 7 heteroatoms. The summed E-state index contributed by atoms with van der Waals surface area (Å²) in [5.74, 6) is -0.124. The quantitative estimate of drug-likeness (QED) is 0.915. The molecule has 2 heterocycles. The van der Waals surface area contributed by atoms with Crippen molar-refractivity contribution in [3.63, 3.8) is 0 Å². The van der Waals surface area contributed by atoms with Gasteiger partial charge < -0.3 is 15.0 Å². The number of hydrogen-bond donors (Lipinski definition) is 1. The average Bonchev–Trinajstić information content (AvgIpc) is 2.51. The molecule has 2 aliphatic rings. The monoisotopic (exact) mass is 342 g/mol. The van der Waals surface area contributed by atoms with Crippen molar-refractivity contribution in [3.05, 3.63) is 29.8 Å². The molecular formula is C17H21F3N2O2. The maximum atomic E-state index is 12.3. The Labute approximate surface area is 139 Å². The van der Waals surface area contributed by atoms with Crippen LogP contribution in [0.2, 0.25) is 0 Å². The van der Waals surface area contributed by atoms with Crippen LogP contribution in [-0.2, 0) is 11.2 Å². The fourth-order valence-electron chi connectivity index (χ4n) is 3.33. The van der Waals surface area contributed by atoms with E-state index in [1.807, 2.05) is 4.90 Å². The van der Waals surface area contributed by atoms with Crippen LogP contribution < -0.4 is 10.1 Å². The van der Waals surface area contributed by atoms with Gasteiger partial charge in [0.15, 0.2) is 0 Å². The van der Waals surface area contributed by atoms with Crippen LogP contribution in [0.5, 0.6) is 5.75 Å². The van der Waals surface area contributed by atoms with Gasteiger partial charge in [-0.3, -0.25) is 4.79 Å². The Balaban J connectivity index is 1.44. The molecule has 2 aliphatic heterocycles. The van der Waals surface area contributed by atoms with Crippen molar-refractivity contribution in [2.24, 2.45) is 5.41 Å². The van der Waals surface area contributed by atoms with Gasteiger partial charge in [0.25, 0.3) is 0 Å². The van der Waals surface area contributed by atoms with E-state index >= 15 is 0 Å². The van der Waals surface area contributed by atoms with Crippen LogP contribution in [0, 0.1) is 5.41 Å². The van der Waals surface area contributed by atoms with Crippen LogP contribution in [-0.4, -0.2) is 43.3 Å². The van der Waals surface area contributed by atoms with Gasteiger partial charge in [-0.15, -0.1) is 13.2 Å². The van der Waals surface area contributed by atoms with Gasteiger partial charge in [-0.05, 0) is 42.4 Å². The molecule has 0 aliphatic carbocycles. The third-order valence-corrected chi connectivity index (χ3v) is 4.96. The highest BCUT2D eigenvalue weighted by Gasteiger charge is 2.40. The molecule has 1 spiro atoms. The minimum absolute atomic E-state index is 0.118. The van der Waals surface area contributed by atoms with E-state index < -0.39 is 6.36 Å². The van der Waals surface area contributed by atoms with Crippen molar-refractivity contribution in [3.8, 4) is 5.75 Å². The van der Waals surface area contributed by atoms with Crippen molar-refractivity contribution in [1.29, 1.82) is 0 Å². The predicted octanol–water partition coefficient (Wildman–Crippen LogP) is 2.73. The van der Waals surface area contributed by atoms with E-state index in [0.29, 0.717) is 18.3 Å². The Hall–Kier alpha value is -1.76. The summed E-state index contributed by atoms with van der Waals surface area (Å²) >= 11 is 0. The highest BCUT2D eigenvalue weighted by Crippen LogP contribution is 2.35. The molecule has 0 bridgehead atoms. The number of amides is 1. The van der Waals surface area contributed by atoms with Crippen LogP contribution in [0.25, 0.3) is 0 Å². The third-order valence-electron chi connectivity index (χ3n) is 4.96. The van der Waals surface area contributed by atoms with Gasteiger partial charge in [0, 0.05) is 32.6 Å². The molecular weight excluding hydrogens is 321 g/mol. The van der Waals surface area contributed by atoms with E-state index in [-0.39, 0.29) is 11.7 Å².